The first-order valence-electron chi connectivity index (χ1n) is 10.5. The molecular weight excluding hydrogens is 456 g/mol. The largest absolute Gasteiger partial charge is 0.497 e. The molecule has 0 radical (unpaired) electrons. The Labute approximate surface area is 197 Å². The topological polar surface area (TPSA) is 76.6 Å². The number of ether oxygens (including phenoxy) is 1. The summed E-state index contributed by atoms with van der Waals surface area (Å²) in [6.45, 7) is 0.363. The van der Waals surface area contributed by atoms with Crippen LogP contribution < -0.4 is 9.64 Å². The minimum absolute atomic E-state index is 0.0844. The lowest BCUT2D eigenvalue weighted by molar-refractivity contribution is -0.118. The van der Waals surface area contributed by atoms with E-state index in [9.17, 15) is 13.2 Å². The van der Waals surface area contributed by atoms with Gasteiger partial charge in [0.1, 0.15) is 5.75 Å². The molecule has 0 aliphatic carbocycles. The van der Waals surface area contributed by atoms with Gasteiger partial charge >= 0.3 is 0 Å². The van der Waals surface area contributed by atoms with E-state index in [0.29, 0.717) is 11.7 Å². The number of nitrogens with zero attached hydrogens (tertiary/aromatic N) is 2. The number of carbonyl (C=O) groups excluding carboxylic acids is 1. The fourth-order valence-corrected chi connectivity index (χ4v) is 5.80. The van der Waals surface area contributed by atoms with Gasteiger partial charge in [-0.2, -0.15) is 0 Å². The van der Waals surface area contributed by atoms with Gasteiger partial charge in [-0.05, 0) is 42.3 Å². The predicted octanol–water partition coefficient (Wildman–Crippen LogP) is 5.09. The summed E-state index contributed by atoms with van der Waals surface area (Å²) in [6.07, 6.45) is 0.345. The second kappa shape index (κ2) is 10.1. The molecule has 4 rings (SSSR count). The lowest BCUT2D eigenvalue weighted by Crippen LogP contribution is -2.30. The second-order valence-electron chi connectivity index (χ2n) is 7.53. The van der Waals surface area contributed by atoms with E-state index in [4.69, 9.17) is 4.74 Å². The molecule has 6 nitrogen and oxygen atoms in total. The molecule has 0 bridgehead atoms. The average Bonchev–Trinajstić information content (AvgIpc) is 3.26. The van der Waals surface area contributed by atoms with Crippen molar-refractivity contribution in [2.75, 3.05) is 17.8 Å². The summed E-state index contributed by atoms with van der Waals surface area (Å²) in [4.78, 5) is 19.8. The van der Waals surface area contributed by atoms with Crippen molar-refractivity contribution >= 4 is 42.4 Å². The average molecular weight is 481 g/mol. The molecule has 3 aromatic carbocycles. The van der Waals surface area contributed by atoms with Crippen LogP contribution in [0.1, 0.15) is 18.4 Å². The van der Waals surface area contributed by atoms with E-state index in [1.54, 1.807) is 42.3 Å². The Morgan fingerprint density at radius 3 is 2.39 bits per heavy atom. The van der Waals surface area contributed by atoms with Crippen molar-refractivity contribution in [3.05, 3.63) is 84.4 Å². The fourth-order valence-electron chi connectivity index (χ4n) is 3.46. The summed E-state index contributed by atoms with van der Waals surface area (Å²) >= 11 is 1.41. The van der Waals surface area contributed by atoms with E-state index in [1.165, 1.54) is 11.3 Å². The van der Waals surface area contributed by atoms with Crippen LogP contribution in [0.4, 0.5) is 5.13 Å². The van der Waals surface area contributed by atoms with Gasteiger partial charge in [0, 0.05) is 6.42 Å². The van der Waals surface area contributed by atoms with E-state index >= 15 is 0 Å². The van der Waals surface area contributed by atoms with Gasteiger partial charge in [-0.25, -0.2) is 13.4 Å². The quantitative estimate of drug-likeness (QED) is 0.333. The molecule has 0 fully saturated rings. The molecule has 0 aliphatic rings. The van der Waals surface area contributed by atoms with Gasteiger partial charge in [0.2, 0.25) is 5.91 Å². The van der Waals surface area contributed by atoms with Gasteiger partial charge in [-0.1, -0.05) is 59.9 Å². The maximum absolute atomic E-state index is 13.2. The number of hydrogen-bond donors (Lipinski definition) is 0. The first kappa shape index (κ1) is 22.9. The number of thiazole rings is 1. The van der Waals surface area contributed by atoms with E-state index in [-0.39, 0.29) is 29.4 Å². The summed E-state index contributed by atoms with van der Waals surface area (Å²) in [6, 6.07) is 23.6. The highest BCUT2D eigenvalue weighted by Gasteiger charge is 2.22. The summed E-state index contributed by atoms with van der Waals surface area (Å²) in [7, 11) is -1.82. The zero-order chi connectivity index (χ0) is 23.3. The minimum Gasteiger partial charge on any atom is -0.497 e. The third kappa shape index (κ3) is 5.58. The van der Waals surface area contributed by atoms with Crippen LogP contribution >= 0.6 is 11.3 Å². The third-order valence-corrected chi connectivity index (χ3v) is 8.06. The molecule has 0 saturated carbocycles. The molecule has 170 valence electrons. The number of hydrogen-bond acceptors (Lipinski definition) is 6. The van der Waals surface area contributed by atoms with Crippen LogP contribution in [0.2, 0.25) is 0 Å². The fraction of sp³-hybridized carbons (Fsp3) is 0.200. The van der Waals surface area contributed by atoms with Crippen molar-refractivity contribution in [3.8, 4) is 5.75 Å². The number of fused-ring (bicyclic) bond motifs is 1. The van der Waals surface area contributed by atoms with E-state index < -0.39 is 9.84 Å². The molecule has 0 N–H and O–H groups in total. The highest BCUT2D eigenvalue weighted by Crippen LogP contribution is 2.32. The summed E-state index contributed by atoms with van der Waals surface area (Å²) < 4.78 is 31.4. The normalized spacial score (nSPS) is 11.4. The van der Waals surface area contributed by atoms with Crippen LogP contribution in [0.5, 0.6) is 5.75 Å². The van der Waals surface area contributed by atoms with Crippen LogP contribution in [0.25, 0.3) is 10.2 Å². The van der Waals surface area contributed by atoms with Gasteiger partial charge in [0.15, 0.2) is 15.0 Å². The Morgan fingerprint density at radius 1 is 1.00 bits per heavy atom. The molecule has 0 saturated heterocycles. The van der Waals surface area contributed by atoms with Crippen molar-refractivity contribution in [1.29, 1.82) is 0 Å². The Hall–Kier alpha value is -3.23. The summed E-state index contributed by atoms with van der Waals surface area (Å²) in [5.74, 6) is 0.483. The molecule has 8 heteroatoms. The van der Waals surface area contributed by atoms with Gasteiger partial charge in [-0.3, -0.25) is 9.69 Å². The lowest BCUT2D eigenvalue weighted by atomic mass is 10.2. The zero-order valence-corrected chi connectivity index (χ0v) is 19.8. The monoisotopic (exact) mass is 480 g/mol. The van der Waals surface area contributed by atoms with Crippen LogP contribution in [0, 0.1) is 0 Å². The third-order valence-electron chi connectivity index (χ3n) is 5.21. The minimum atomic E-state index is -3.43. The van der Waals surface area contributed by atoms with Crippen molar-refractivity contribution < 1.29 is 17.9 Å². The van der Waals surface area contributed by atoms with E-state index in [1.807, 2.05) is 48.5 Å². The molecule has 1 amide bonds. The lowest BCUT2D eigenvalue weighted by Gasteiger charge is -2.20. The Balaban J connectivity index is 1.54. The highest BCUT2D eigenvalue weighted by atomic mass is 32.2. The summed E-state index contributed by atoms with van der Waals surface area (Å²) in [5.41, 5.74) is 1.76. The number of methoxy groups -OCH3 is 1. The maximum atomic E-state index is 13.2. The van der Waals surface area contributed by atoms with Crippen molar-refractivity contribution in [1.82, 2.24) is 4.98 Å². The van der Waals surface area contributed by atoms with Gasteiger partial charge in [0.25, 0.3) is 0 Å². The van der Waals surface area contributed by atoms with Crippen molar-refractivity contribution in [2.45, 2.75) is 24.3 Å². The van der Waals surface area contributed by atoms with Crippen molar-refractivity contribution in [2.24, 2.45) is 0 Å². The number of rotatable bonds is 9. The van der Waals surface area contributed by atoms with Crippen molar-refractivity contribution in [3.63, 3.8) is 0 Å². The molecule has 0 unspecified atom stereocenters. The molecule has 1 aromatic heterocycles. The van der Waals surface area contributed by atoms with Gasteiger partial charge in [-0.15, -0.1) is 0 Å². The number of benzene rings is 3. The number of sulfone groups is 1. The smallest absolute Gasteiger partial charge is 0.229 e. The predicted molar refractivity (Wildman–Crippen MR) is 132 cm³/mol. The second-order valence-corrected chi connectivity index (χ2v) is 10.6. The molecular formula is C25H24N2O4S2. The number of amides is 1. The molecule has 33 heavy (non-hydrogen) atoms. The van der Waals surface area contributed by atoms with E-state index in [0.717, 1.165) is 21.5 Å². The zero-order valence-electron chi connectivity index (χ0n) is 18.2. The van der Waals surface area contributed by atoms with Gasteiger partial charge in [0.05, 0.1) is 34.5 Å². The summed E-state index contributed by atoms with van der Waals surface area (Å²) in [5, 5.41) is 0.582. The van der Waals surface area contributed by atoms with Crippen LogP contribution in [0.15, 0.2) is 83.8 Å². The van der Waals surface area contributed by atoms with Crippen LogP contribution in [0.3, 0.4) is 0 Å². The number of carbonyl (C=O) groups is 1. The SMILES string of the molecule is COc1ccc2nc(N(Cc3ccccc3)C(=O)CCCS(=O)(=O)c3ccccc3)sc2c1. The standard InChI is InChI=1S/C25H24N2O4S2/c1-31-20-14-15-22-23(17-20)32-25(26-22)27(18-19-9-4-2-5-10-19)24(28)13-8-16-33(29,30)21-11-6-3-7-12-21/h2-7,9-12,14-15,17H,8,13,16,18H2,1H3. The molecule has 0 atom stereocenters. The Morgan fingerprint density at radius 2 is 1.70 bits per heavy atom. The van der Waals surface area contributed by atoms with Gasteiger partial charge < -0.3 is 4.74 Å². The molecule has 0 aliphatic heterocycles. The van der Waals surface area contributed by atoms with Crippen LogP contribution in [-0.2, 0) is 21.2 Å². The number of anilines is 1. The Bertz CT molecular complexity index is 1340. The first-order valence-corrected chi connectivity index (χ1v) is 13.0. The molecule has 4 aromatic rings. The number of aromatic nitrogens is 1. The molecule has 1 heterocycles. The first-order chi connectivity index (χ1) is 16.0. The maximum Gasteiger partial charge on any atom is 0.229 e. The van der Waals surface area contributed by atoms with E-state index in [2.05, 4.69) is 4.98 Å². The highest BCUT2D eigenvalue weighted by molar-refractivity contribution is 7.91. The Kier molecular flexibility index (Phi) is 7.05. The van der Waals surface area contributed by atoms with Crippen LogP contribution in [-0.4, -0.2) is 32.2 Å². The molecule has 0 spiro atoms.